The second-order valence-corrected chi connectivity index (χ2v) is 3.80. The number of hydrogen-bond acceptors (Lipinski definition) is 3. The third-order valence-electron chi connectivity index (χ3n) is 3.09. The maximum Gasteiger partial charge on any atom is 0.325 e. The van der Waals surface area contributed by atoms with Crippen LogP contribution < -0.4 is 0 Å². The average Bonchev–Trinajstić information content (AvgIpc) is 2.90. The molecule has 3 heteroatoms. The maximum atomic E-state index is 11.5. The van der Waals surface area contributed by atoms with Gasteiger partial charge in [0.1, 0.15) is 5.41 Å². The number of esters is 2. The van der Waals surface area contributed by atoms with E-state index in [9.17, 15) is 9.59 Å². The normalized spacial score (nSPS) is 33.9. The third-order valence-corrected chi connectivity index (χ3v) is 3.09. The van der Waals surface area contributed by atoms with Crippen molar-refractivity contribution in [3.05, 3.63) is 35.9 Å². The summed E-state index contributed by atoms with van der Waals surface area (Å²) >= 11 is 0. The smallest absolute Gasteiger partial charge is 0.325 e. The fourth-order valence-electron chi connectivity index (χ4n) is 2.20. The van der Waals surface area contributed by atoms with Gasteiger partial charge in [-0.15, -0.1) is 0 Å². The fraction of sp³-hybridized carbons (Fsp3) is 0.273. The van der Waals surface area contributed by atoms with Gasteiger partial charge in [-0.05, 0) is 12.0 Å². The van der Waals surface area contributed by atoms with Crippen LogP contribution in [0.2, 0.25) is 0 Å². The second kappa shape index (κ2) is 2.23. The van der Waals surface area contributed by atoms with Crippen molar-refractivity contribution in [3.63, 3.8) is 0 Å². The number of hydrogen-bond donors (Lipinski definition) is 0. The van der Waals surface area contributed by atoms with Crippen LogP contribution in [0.15, 0.2) is 30.3 Å². The van der Waals surface area contributed by atoms with E-state index in [2.05, 4.69) is 4.74 Å². The van der Waals surface area contributed by atoms with Gasteiger partial charge in [-0.3, -0.25) is 9.59 Å². The Morgan fingerprint density at radius 3 is 2.43 bits per heavy atom. The van der Waals surface area contributed by atoms with Gasteiger partial charge in [0.05, 0.1) is 5.92 Å². The van der Waals surface area contributed by atoms with Gasteiger partial charge in [0.15, 0.2) is 0 Å². The molecule has 14 heavy (non-hydrogen) atoms. The van der Waals surface area contributed by atoms with E-state index < -0.39 is 5.41 Å². The lowest BCUT2D eigenvalue weighted by Gasteiger charge is -2.07. The Bertz CT molecular complexity index is 423. The first-order valence-corrected chi connectivity index (χ1v) is 4.57. The summed E-state index contributed by atoms with van der Waals surface area (Å²) in [6.07, 6.45) is 0.620. The van der Waals surface area contributed by atoms with E-state index in [1.54, 1.807) is 0 Å². The van der Waals surface area contributed by atoms with Crippen molar-refractivity contribution < 1.29 is 14.3 Å². The topological polar surface area (TPSA) is 43.4 Å². The van der Waals surface area contributed by atoms with Crippen LogP contribution in [0.5, 0.6) is 0 Å². The highest BCUT2D eigenvalue weighted by atomic mass is 16.6. The van der Waals surface area contributed by atoms with Crippen molar-refractivity contribution in [1.82, 2.24) is 0 Å². The molecule has 2 fully saturated rings. The molecule has 1 aliphatic heterocycles. The summed E-state index contributed by atoms with van der Waals surface area (Å²) in [7, 11) is 0. The second-order valence-electron chi connectivity index (χ2n) is 3.80. The number of carbonyl (C=O) groups is 2. The van der Waals surface area contributed by atoms with Crippen LogP contribution in [-0.4, -0.2) is 11.9 Å². The summed E-state index contributed by atoms with van der Waals surface area (Å²) in [5, 5.41) is 0. The van der Waals surface area contributed by atoms with Crippen LogP contribution in [0.4, 0.5) is 0 Å². The highest BCUT2D eigenvalue weighted by molar-refractivity contribution is 6.07. The molecule has 70 valence electrons. The molecule has 0 aromatic heterocycles. The number of rotatable bonds is 1. The fourth-order valence-corrected chi connectivity index (χ4v) is 2.20. The van der Waals surface area contributed by atoms with Crippen LogP contribution >= 0.6 is 0 Å². The van der Waals surface area contributed by atoms with E-state index in [4.69, 9.17) is 0 Å². The van der Waals surface area contributed by atoms with Crippen molar-refractivity contribution >= 4 is 11.9 Å². The van der Waals surface area contributed by atoms with Gasteiger partial charge in [-0.25, -0.2) is 0 Å². The summed E-state index contributed by atoms with van der Waals surface area (Å²) in [5.74, 6) is -0.963. The summed E-state index contributed by atoms with van der Waals surface area (Å²) in [6.45, 7) is 0. The van der Waals surface area contributed by atoms with Crippen molar-refractivity contribution in [3.8, 4) is 0 Å². The van der Waals surface area contributed by atoms with E-state index in [0.29, 0.717) is 6.42 Å². The van der Waals surface area contributed by atoms with Crippen molar-refractivity contribution in [2.45, 2.75) is 11.8 Å². The molecular weight excluding hydrogens is 180 g/mol. The monoisotopic (exact) mass is 188 g/mol. The molecule has 0 bridgehead atoms. The average molecular weight is 188 g/mol. The lowest BCUT2D eigenvalue weighted by Crippen LogP contribution is -2.18. The molecule has 1 saturated heterocycles. The third kappa shape index (κ3) is 0.726. The summed E-state index contributed by atoms with van der Waals surface area (Å²) in [6, 6.07) is 9.38. The van der Waals surface area contributed by atoms with Crippen molar-refractivity contribution in [1.29, 1.82) is 0 Å². The van der Waals surface area contributed by atoms with Gasteiger partial charge in [0.25, 0.3) is 0 Å². The molecule has 1 saturated carbocycles. The largest absolute Gasteiger partial charge is 0.392 e. The van der Waals surface area contributed by atoms with E-state index in [1.165, 1.54) is 0 Å². The van der Waals surface area contributed by atoms with Gasteiger partial charge in [-0.2, -0.15) is 0 Å². The zero-order valence-corrected chi connectivity index (χ0v) is 7.40. The Morgan fingerprint density at radius 2 is 1.93 bits per heavy atom. The lowest BCUT2D eigenvalue weighted by molar-refractivity contribution is -0.155. The predicted octanol–water partition coefficient (Wildman–Crippen LogP) is 1.03. The summed E-state index contributed by atoms with van der Waals surface area (Å²) in [5.41, 5.74) is 0.277. The number of ether oxygens (including phenoxy) is 1. The molecule has 3 nitrogen and oxygen atoms in total. The van der Waals surface area contributed by atoms with Crippen LogP contribution in [-0.2, 0) is 19.7 Å². The molecule has 0 spiro atoms. The molecular formula is C11H8O3. The maximum absolute atomic E-state index is 11.5. The first-order chi connectivity index (χ1) is 6.75. The molecule has 2 atom stereocenters. The molecule has 0 amide bonds. The predicted molar refractivity (Wildman–Crippen MR) is 47.3 cm³/mol. The molecule has 0 radical (unpaired) electrons. The van der Waals surface area contributed by atoms with Crippen LogP contribution in [0.25, 0.3) is 0 Å². The number of benzene rings is 1. The lowest BCUT2D eigenvalue weighted by atomic mass is 9.95. The Labute approximate surface area is 80.7 Å². The molecule has 0 N–H and O–H groups in total. The van der Waals surface area contributed by atoms with Gasteiger partial charge < -0.3 is 4.74 Å². The highest BCUT2D eigenvalue weighted by Crippen LogP contribution is 2.59. The number of carbonyl (C=O) groups excluding carboxylic acids is 2. The van der Waals surface area contributed by atoms with Gasteiger partial charge in [0, 0.05) is 0 Å². The summed E-state index contributed by atoms with van der Waals surface area (Å²) in [4.78, 5) is 22.7. The highest BCUT2D eigenvalue weighted by Gasteiger charge is 2.71. The van der Waals surface area contributed by atoms with Crippen molar-refractivity contribution in [2.75, 3.05) is 0 Å². The Morgan fingerprint density at radius 1 is 1.21 bits per heavy atom. The standard InChI is InChI=1S/C11H8O3/c12-9-8-6-11(8,10(13)14-9)7-4-2-1-3-5-7/h1-5,8H,6H2/t8?,11-/m0/s1. The van der Waals surface area contributed by atoms with Gasteiger partial charge in [0.2, 0.25) is 0 Å². The van der Waals surface area contributed by atoms with Crippen molar-refractivity contribution in [2.24, 2.45) is 5.92 Å². The minimum atomic E-state index is -0.627. The zero-order chi connectivity index (χ0) is 9.76. The van der Waals surface area contributed by atoms with E-state index in [1.807, 2.05) is 30.3 Å². The molecule has 3 rings (SSSR count). The minimum absolute atomic E-state index is 0.225. The molecule has 1 aliphatic carbocycles. The van der Waals surface area contributed by atoms with Crippen LogP contribution in [0.1, 0.15) is 12.0 Å². The Hall–Kier alpha value is -1.64. The number of cyclic esters (lactones) is 2. The Balaban J connectivity index is 2.09. The van der Waals surface area contributed by atoms with E-state index in [-0.39, 0.29) is 17.9 Å². The SMILES string of the molecule is O=C1OC(=O)[C@]2(c3ccccc3)CC12. The van der Waals surface area contributed by atoms with E-state index >= 15 is 0 Å². The first kappa shape index (κ1) is 7.74. The molecule has 1 aromatic carbocycles. The van der Waals surface area contributed by atoms with Crippen LogP contribution in [0, 0.1) is 5.92 Å². The zero-order valence-electron chi connectivity index (χ0n) is 7.40. The summed E-state index contributed by atoms with van der Waals surface area (Å²) < 4.78 is 4.60. The van der Waals surface area contributed by atoms with Crippen LogP contribution in [0.3, 0.4) is 0 Å². The number of fused-ring (bicyclic) bond motifs is 1. The van der Waals surface area contributed by atoms with Gasteiger partial charge >= 0.3 is 11.9 Å². The molecule has 1 heterocycles. The van der Waals surface area contributed by atoms with Gasteiger partial charge in [-0.1, -0.05) is 30.3 Å². The Kier molecular flexibility index (Phi) is 1.23. The minimum Gasteiger partial charge on any atom is -0.392 e. The van der Waals surface area contributed by atoms with E-state index in [0.717, 1.165) is 5.56 Å². The molecule has 2 aliphatic rings. The quantitative estimate of drug-likeness (QED) is 0.488. The first-order valence-electron chi connectivity index (χ1n) is 4.57. The molecule has 1 aromatic rings. The molecule has 1 unspecified atom stereocenters.